The van der Waals surface area contributed by atoms with Crippen LogP contribution in [0.1, 0.15) is 114 Å². The molecule has 0 spiro atoms. The molecule has 0 aliphatic heterocycles. The summed E-state index contributed by atoms with van der Waals surface area (Å²) in [6.45, 7) is 4.48. The molecule has 3 aliphatic rings. The first-order valence-corrected chi connectivity index (χ1v) is 13.0. The maximum atomic E-state index is 2.64. The number of unbranched alkanes of at least 4 members (excludes halogenated alkanes) is 1. The van der Waals surface area contributed by atoms with E-state index in [2.05, 4.69) is 44.2 Å². The molecule has 1 aromatic rings. The third-order valence-electron chi connectivity index (χ3n) is 8.70. The highest BCUT2D eigenvalue weighted by Gasteiger charge is 2.36. The van der Waals surface area contributed by atoms with Crippen LogP contribution in [0.25, 0.3) is 0 Å². The van der Waals surface area contributed by atoms with E-state index in [1.54, 1.807) is 16.7 Å². The van der Waals surface area contributed by atoms with Crippen molar-refractivity contribution in [2.45, 2.75) is 110 Å². The van der Waals surface area contributed by atoms with Crippen LogP contribution in [0.3, 0.4) is 0 Å². The van der Waals surface area contributed by atoms with Crippen LogP contribution >= 0.6 is 0 Å². The summed E-state index contributed by atoms with van der Waals surface area (Å²) in [7, 11) is 0. The molecule has 0 radical (unpaired) electrons. The minimum Gasteiger partial charge on any atom is -0.0917 e. The van der Waals surface area contributed by atoms with Gasteiger partial charge in [0.2, 0.25) is 0 Å². The van der Waals surface area contributed by atoms with E-state index in [1.807, 2.05) is 0 Å². The first-order valence-electron chi connectivity index (χ1n) is 13.0. The molecule has 1 aromatic carbocycles. The highest BCUT2D eigenvalue weighted by molar-refractivity contribution is 5.36. The Morgan fingerprint density at radius 1 is 0.897 bits per heavy atom. The normalized spacial score (nSPS) is 32.1. The average Bonchev–Trinajstić information content (AvgIpc) is 2.77. The standard InChI is InChI=1S/C29H44/c1-3-5-7-9-23-11-13-27-21-29(17-15-25(27)19-23)28-16-14-24-18-22(8-6-4-2)10-12-26(24)20-28/h3,5,14,16,20,22-23,25,27,29H,4,6-13,15,17-19,21H2,1-2H3/b5-3+. The topological polar surface area (TPSA) is 0 Å². The smallest absolute Gasteiger partial charge is 0.0159 e. The van der Waals surface area contributed by atoms with Crippen LogP contribution < -0.4 is 0 Å². The van der Waals surface area contributed by atoms with E-state index in [9.17, 15) is 0 Å². The lowest BCUT2D eigenvalue weighted by molar-refractivity contribution is 0.115. The van der Waals surface area contributed by atoms with Gasteiger partial charge in [-0.25, -0.2) is 0 Å². The van der Waals surface area contributed by atoms with Crippen molar-refractivity contribution in [1.82, 2.24) is 0 Å². The Morgan fingerprint density at radius 2 is 1.76 bits per heavy atom. The maximum absolute atomic E-state index is 2.64. The van der Waals surface area contributed by atoms with Crippen molar-refractivity contribution in [2.75, 3.05) is 0 Å². The molecular formula is C29H44. The van der Waals surface area contributed by atoms with Gasteiger partial charge in [0.05, 0.1) is 0 Å². The summed E-state index contributed by atoms with van der Waals surface area (Å²) >= 11 is 0. The van der Waals surface area contributed by atoms with Crippen molar-refractivity contribution in [3.05, 3.63) is 47.0 Å². The van der Waals surface area contributed by atoms with Gasteiger partial charge < -0.3 is 0 Å². The number of hydrogen-bond donors (Lipinski definition) is 0. The Morgan fingerprint density at radius 3 is 2.62 bits per heavy atom. The summed E-state index contributed by atoms with van der Waals surface area (Å²) in [5.74, 6) is 4.85. The minimum atomic E-state index is 0.846. The summed E-state index contributed by atoms with van der Waals surface area (Å²) in [5, 5.41) is 0. The Labute approximate surface area is 180 Å². The van der Waals surface area contributed by atoms with Gasteiger partial charge in [0, 0.05) is 0 Å². The summed E-state index contributed by atoms with van der Waals surface area (Å²) in [6, 6.07) is 7.68. The van der Waals surface area contributed by atoms with E-state index in [-0.39, 0.29) is 0 Å². The molecular weight excluding hydrogens is 348 g/mol. The zero-order chi connectivity index (χ0) is 20.1. The average molecular weight is 393 g/mol. The first kappa shape index (κ1) is 21.2. The first-order chi connectivity index (χ1) is 14.3. The Balaban J connectivity index is 1.32. The van der Waals surface area contributed by atoms with Gasteiger partial charge in [-0.3, -0.25) is 0 Å². The minimum absolute atomic E-state index is 0.846. The summed E-state index contributed by atoms with van der Waals surface area (Å²) in [4.78, 5) is 0. The second-order valence-electron chi connectivity index (χ2n) is 10.6. The molecule has 0 aromatic heterocycles. The van der Waals surface area contributed by atoms with Gasteiger partial charge in [-0.05, 0) is 117 Å². The van der Waals surface area contributed by atoms with E-state index >= 15 is 0 Å². The monoisotopic (exact) mass is 392 g/mol. The largest absolute Gasteiger partial charge is 0.0917 e. The molecule has 0 nitrogen and oxygen atoms in total. The highest BCUT2D eigenvalue weighted by Crippen LogP contribution is 2.48. The lowest BCUT2D eigenvalue weighted by atomic mass is 9.63. The van der Waals surface area contributed by atoms with Crippen LogP contribution in [-0.4, -0.2) is 0 Å². The van der Waals surface area contributed by atoms with E-state index < -0.39 is 0 Å². The summed E-state index contributed by atoms with van der Waals surface area (Å²) < 4.78 is 0. The molecule has 2 fully saturated rings. The molecule has 5 atom stereocenters. The van der Waals surface area contributed by atoms with Crippen molar-refractivity contribution in [1.29, 1.82) is 0 Å². The fraction of sp³-hybridized carbons (Fsp3) is 0.724. The molecule has 29 heavy (non-hydrogen) atoms. The van der Waals surface area contributed by atoms with Crippen molar-refractivity contribution < 1.29 is 0 Å². The predicted molar refractivity (Wildman–Crippen MR) is 126 cm³/mol. The van der Waals surface area contributed by atoms with Crippen LogP contribution in [0, 0.1) is 23.7 Å². The van der Waals surface area contributed by atoms with Crippen molar-refractivity contribution in [3.8, 4) is 0 Å². The quantitative estimate of drug-likeness (QED) is 0.407. The number of allylic oxidation sites excluding steroid dienone is 2. The molecule has 4 rings (SSSR count). The van der Waals surface area contributed by atoms with Gasteiger partial charge in [-0.2, -0.15) is 0 Å². The summed E-state index contributed by atoms with van der Waals surface area (Å²) in [6.07, 6.45) is 24.6. The van der Waals surface area contributed by atoms with E-state index in [0.717, 1.165) is 29.6 Å². The Hall–Kier alpha value is -1.04. The molecule has 0 bridgehead atoms. The zero-order valence-corrected chi connectivity index (χ0v) is 19.2. The fourth-order valence-electron chi connectivity index (χ4n) is 6.89. The third-order valence-corrected chi connectivity index (χ3v) is 8.70. The van der Waals surface area contributed by atoms with Gasteiger partial charge in [0.1, 0.15) is 0 Å². The fourth-order valence-corrected chi connectivity index (χ4v) is 6.89. The van der Waals surface area contributed by atoms with Gasteiger partial charge in [-0.1, -0.05) is 63.0 Å². The van der Waals surface area contributed by atoms with Crippen LogP contribution in [-0.2, 0) is 12.8 Å². The number of aryl methyl sites for hydroxylation is 1. The molecule has 5 unspecified atom stereocenters. The van der Waals surface area contributed by atoms with Gasteiger partial charge >= 0.3 is 0 Å². The summed E-state index contributed by atoms with van der Waals surface area (Å²) in [5.41, 5.74) is 5.06. The number of benzene rings is 1. The maximum Gasteiger partial charge on any atom is -0.0159 e. The molecule has 0 saturated heterocycles. The van der Waals surface area contributed by atoms with E-state index in [1.165, 1.54) is 89.9 Å². The SMILES string of the molecule is C/C=C/CCC1CCC2CC(c3ccc4c(c3)CCC(CCCC)C4)CCC2C1. The number of rotatable bonds is 7. The third kappa shape index (κ3) is 5.36. The van der Waals surface area contributed by atoms with Crippen LogP contribution in [0.15, 0.2) is 30.4 Å². The second kappa shape index (κ2) is 10.3. The molecule has 160 valence electrons. The second-order valence-corrected chi connectivity index (χ2v) is 10.6. The van der Waals surface area contributed by atoms with Crippen LogP contribution in [0.2, 0.25) is 0 Å². The van der Waals surface area contributed by atoms with Crippen LogP contribution in [0.5, 0.6) is 0 Å². The lowest BCUT2D eigenvalue weighted by Gasteiger charge is -2.42. The van der Waals surface area contributed by atoms with Gasteiger partial charge in [0.25, 0.3) is 0 Å². The molecule has 0 heteroatoms. The molecule has 2 saturated carbocycles. The highest BCUT2D eigenvalue weighted by atomic mass is 14.4. The van der Waals surface area contributed by atoms with E-state index in [4.69, 9.17) is 0 Å². The van der Waals surface area contributed by atoms with Gasteiger partial charge in [0.15, 0.2) is 0 Å². The van der Waals surface area contributed by atoms with E-state index in [0.29, 0.717) is 0 Å². The van der Waals surface area contributed by atoms with Crippen molar-refractivity contribution in [2.24, 2.45) is 23.7 Å². The molecule has 0 amide bonds. The van der Waals surface area contributed by atoms with Gasteiger partial charge in [-0.15, -0.1) is 0 Å². The Kier molecular flexibility index (Phi) is 7.54. The number of fused-ring (bicyclic) bond motifs is 2. The van der Waals surface area contributed by atoms with Crippen LogP contribution in [0.4, 0.5) is 0 Å². The zero-order valence-electron chi connectivity index (χ0n) is 19.2. The molecule has 3 aliphatic carbocycles. The molecule has 0 heterocycles. The van der Waals surface area contributed by atoms with Crippen molar-refractivity contribution in [3.63, 3.8) is 0 Å². The molecule has 0 N–H and O–H groups in total. The predicted octanol–water partition coefficient (Wildman–Crippen LogP) is 8.64. The lowest BCUT2D eigenvalue weighted by Crippen LogP contribution is -2.30. The van der Waals surface area contributed by atoms with Crippen molar-refractivity contribution >= 4 is 0 Å². The Bertz CT molecular complexity index is 669. The number of hydrogen-bond acceptors (Lipinski definition) is 0.